The molecule has 25 nitrogen and oxygen atoms in total. The van der Waals surface area contributed by atoms with Gasteiger partial charge < -0.3 is 53.0 Å². The van der Waals surface area contributed by atoms with Gasteiger partial charge in [0.15, 0.2) is 5.96 Å². The van der Waals surface area contributed by atoms with Gasteiger partial charge in [-0.1, -0.05) is 45.9 Å². The van der Waals surface area contributed by atoms with Gasteiger partial charge in [0.1, 0.15) is 41.8 Å². The highest BCUT2D eigenvalue weighted by atomic mass is 16.6. The molecule has 7 atom stereocenters. The first-order valence-electron chi connectivity index (χ1n) is 23.3. The third kappa shape index (κ3) is 15.4. The Balaban J connectivity index is 1.52. The number of carboxylic acid groups (broad SMARTS) is 1. The molecule has 6 amide bonds. The van der Waals surface area contributed by atoms with Crippen molar-refractivity contribution in [2.75, 3.05) is 13.1 Å². The number of aliphatic carboxylic acids is 1. The molecule has 2 aromatic carbocycles. The van der Waals surface area contributed by atoms with Crippen LogP contribution >= 0.6 is 0 Å². The van der Waals surface area contributed by atoms with E-state index in [0.717, 1.165) is 29.1 Å². The van der Waals surface area contributed by atoms with E-state index in [1.807, 2.05) is 18.2 Å². The number of H-pyrrole nitrogens is 1. The number of rotatable bonds is 26. The summed E-state index contributed by atoms with van der Waals surface area (Å²) in [6, 6.07) is 2.48. The fraction of sp³-hybridized carbons (Fsp3) is 0.522. The summed E-state index contributed by atoms with van der Waals surface area (Å²) in [4.78, 5) is 121. The topological polar surface area (TPSA) is 388 Å². The highest BCUT2D eigenvalue weighted by Gasteiger charge is 2.48. The molecule has 0 bridgehead atoms. The van der Waals surface area contributed by atoms with Crippen molar-refractivity contribution < 1.29 is 48.5 Å². The summed E-state index contributed by atoms with van der Waals surface area (Å²) in [5.74, 6) is -6.74. The van der Waals surface area contributed by atoms with Crippen LogP contribution in [0.25, 0.3) is 10.9 Å². The number of carbonyl (C=O) groups excluding carboxylic acids is 6. The van der Waals surface area contributed by atoms with E-state index >= 15 is 0 Å². The van der Waals surface area contributed by atoms with Crippen LogP contribution in [0.5, 0.6) is 0 Å². The van der Waals surface area contributed by atoms with Crippen LogP contribution < -0.4 is 48.3 Å². The lowest BCUT2D eigenvalue weighted by Crippen LogP contribution is -2.60. The van der Waals surface area contributed by atoms with Crippen molar-refractivity contribution in [2.45, 2.75) is 128 Å². The van der Waals surface area contributed by atoms with Gasteiger partial charge in [-0.05, 0) is 88.4 Å². The first kappa shape index (κ1) is 55.9. The summed E-state index contributed by atoms with van der Waals surface area (Å²) < 4.78 is 0. The highest BCUT2D eigenvalue weighted by molar-refractivity contribution is 5.98. The van der Waals surface area contributed by atoms with Gasteiger partial charge in [-0.3, -0.25) is 59.7 Å². The first-order chi connectivity index (χ1) is 33.4. The molecule has 0 saturated carbocycles. The molecular formula is C46H65N13O12. The largest absolute Gasteiger partial charge is 0.480 e. The Labute approximate surface area is 409 Å². The number of nitro benzene ring substituents is 2. The smallest absolute Gasteiger partial charge is 0.326 e. The van der Waals surface area contributed by atoms with E-state index in [4.69, 9.17) is 11.1 Å². The molecule has 1 fully saturated rings. The zero-order valence-electron chi connectivity index (χ0n) is 40.5. The number of amides is 6. The maximum absolute atomic E-state index is 14.2. The van der Waals surface area contributed by atoms with Crippen molar-refractivity contribution in [2.24, 2.45) is 17.6 Å². The molecule has 0 spiro atoms. The number of hydrogen-bond acceptors (Lipinski definition) is 13. The summed E-state index contributed by atoms with van der Waals surface area (Å²) >= 11 is 0. The molecule has 4 rings (SSSR count). The molecule has 386 valence electrons. The SMILES string of the molecule is CC(C)C[C@H](NC(=O)[C@H](C)NC(=O)[C@H](CC(C)C)NC(=O)[C@]1(c2ccc([N+](=O)[O-])cc2[N+](=O)[O-])CCCN1)C(=O)N[C@@H](Cc1c[nH]c2ccccc12)C(=O)N[C@@H](C)C(=O)N[C@@H](CCCNC(=N)N)C(=O)O. The molecule has 13 N–H and O–H groups in total. The summed E-state index contributed by atoms with van der Waals surface area (Å²) in [6.07, 6.45) is 2.45. The lowest BCUT2D eigenvalue weighted by atomic mass is 9.85. The van der Waals surface area contributed by atoms with E-state index in [9.17, 15) is 58.9 Å². The number of aromatic amines is 1. The Morgan fingerprint density at radius 3 is 1.87 bits per heavy atom. The summed E-state index contributed by atoms with van der Waals surface area (Å²) in [5, 5.41) is 62.6. The van der Waals surface area contributed by atoms with Crippen LogP contribution in [0.4, 0.5) is 11.4 Å². The van der Waals surface area contributed by atoms with E-state index in [2.05, 4.69) is 47.5 Å². The fourth-order valence-electron chi connectivity index (χ4n) is 8.26. The Morgan fingerprint density at radius 2 is 1.32 bits per heavy atom. The van der Waals surface area contributed by atoms with Crippen molar-refractivity contribution in [3.8, 4) is 0 Å². The zero-order valence-corrected chi connectivity index (χ0v) is 40.5. The van der Waals surface area contributed by atoms with Crippen molar-refractivity contribution in [1.29, 1.82) is 5.41 Å². The minimum atomic E-state index is -1.72. The predicted molar refractivity (Wildman–Crippen MR) is 259 cm³/mol. The number of nitrogens with zero attached hydrogens (tertiary/aromatic N) is 2. The highest BCUT2D eigenvalue weighted by Crippen LogP contribution is 2.39. The first-order valence-corrected chi connectivity index (χ1v) is 23.3. The number of hydrogen-bond donors (Lipinski definition) is 12. The lowest BCUT2D eigenvalue weighted by molar-refractivity contribution is -0.394. The Bertz CT molecular complexity index is 2470. The van der Waals surface area contributed by atoms with E-state index in [0.29, 0.717) is 12.0 Å². The van der Waals surface area contributed by atoms with Gasteiger partial charge in [-0.15, -0.1) is 0 Å². The van der Waals surface area contributed by atoms with Crippen molar-refractivity contribution in [3.63, 3.8) is 0 Å². The van der Waals surface area contributed by atoms with Gasteiger partial charge in [0, 0.05) is 36.1 Å². The van der Waals surface area contributed by atoms with Crippen LogP contribution in [0.3, 0.4) is 0 Å². The Kier molecular flexibility index (Phi) is 19.9. The van der Waals surface area contributed by atoms with E-state index < -0.39 is 104 Å². The molecular weight excluding hydrogens is 927 g/mol. The van der Waals surface area contributed by atoms with Gasteiger partial charge in [0.05, 0.1) is 21.5 Å². The molecule has 0 aliphatic carbocycles. The standard InChI is InChI=1S/C46H65N13O12/c1-24(2)19-34(42(64)56-36(21-28-23-50-32-12-8-7-11-30(28)32)41(63)53-26(5)38(60)54-33(43(65)66)13-9-17-49-45(47)48)55-39(61)27(6)52-40(62)35(20-25(3)4)57-44(67)46(16-10-18-51-46)31-15-14-29(58(68)69)22-37(31)59(70)71/h7-8,11-12,14-15,22-27,33-36,50-51H,9-10,13,16-21H2,1-6H3,(H,52,62)(H,53,63)(H,54,60)(H,55,61)(H,56,64)(H,57,67)(H,65,66)(H4,47,48,49)/t26-,27-,33-,34-,35-,36-,46+/m0/s1. The van der Waals surface area contributed by atoms with Gasteiger partial charge in [-0.25, -0.2) is 4.79 Å². The maximum Gasteiger partial charge on any atom is 0.326 e. The number of guanidine groups is 1. The van der Waals surface area contributed by atoms with Crippen LogP contribution in [-0.2, 0) is 45.5 Å². The second-order valence-corrected chi connectivity index (χ2v) is 18.5. The van der Waals surface area contributed by atoms with E-state index in [1.54, 1.807) is 40.0 Å². The number of nitrogens with two attached hydrogens (primary N) is 1. The van der Waals surface area contributed by atoms with E-state index in [1.165, 1.54) is 13.8 Å². The Morgan fingerprint density at radius 1 is 0.761 bits per heavy atom. The quantitative estimate of drug-likeness (QED) is 0.0177. The average Bonchev–Trinajstić information content (AvgIpc) is 3.97. The van der Waals surface area contributed by atoms with Gasteiger partial charge in [-0.2, -0.15) is 0 Å². The average molecular weight is 992 g/mol. The number of benzene rings is 2. The van der Waals surface area contributed by atoms with Gasteiger partial charge >= 0.3 is 5.97 Å². The predicted octanol–water partition coefficient (Wildman–Crippen LogP) is 1.19. The Hall–Kier alpha value is -7.70. The number of fused-ring (bicyclic) bond motifs is 1. The van der Waals surface area contributed by atoms with Gasteiger partial charge in [0.25, 0.3) is 11.4 Å². The third-order valence-corrected chi connectivity index (χ3v) is 11.9. The van der Waals surface area contributed by atoms with Gasteiger partial charge in [0.2, 0.25) is 35.4 Å². The summed E-state index contributed by atoms with van der Waals surface area (Å²) in [7, 11) is 0. The lowest BCUT2D eigenvalue weighted by Gasteiger charge is -2.31. The van der Waals surface area contributed by atoms with Crippen LogP contribution in [0.1, 0.15) is 91.2 Å². The molecule has 2 heterocycles. The second-order valence-electron chi connectivity index (χ2n) is 18.5. The minimum Gasteiger partial charge on any atom is -0.480 e. The zero-order chi connectivity index (χ0) is 52.7. The number of nitro groups is 2. The van der Waals surface area contributed by atoms with Crippen LogP contribution in [0, 0.1) is 37.5 Å². The number of non-ortho nitro benzene ring substituents is 1. The minimum absolute atomic E-state index is 0.0133. The normalized spacial score (nSPS) is 16.9. The van der Waals surface area contributed by atoms with Crippen molar-refractivity contribution in [3.05, 3.63) is 80.0 Å². The monoisotopic (exact) mass is 991 g/mol. The second kappa shape index (κ2) is 25.2. The molecule has 0 radical (unpaired) electrons. The fourth-order valence-corrected chi connectivity index (χ4v) is 8.26. The van der Waals surface area contributed by atoms with Crippen LogP contribution in [0.15, 0.2) is 48.7 Å². The maximum atomic E-state index is 14.2. The number of carbonyl (C=O) groups is 7. The third-order valence-electron chi connectivity index (χ3n) is 11.9. The number of aromatic nitrogens is 1. The van der Waals surface area contributed by atoms with Crippen molar-refractivity contribution >= 4 is 69.6 Å². The number of para-hydroxylation sites is 1. The molecule has 71 heavy (non-hydrogen) atoms. The number of nitrogens with one attached hydrogen (secondary N) is 10. The summed E-state index contributed by atoms with van der Waals surface area (Å²) in [5.41, 5.74) is 3.62. The molecule has 1 aromatic heterocycles. The molecule has 3 aromatic rings. The van der Waals surface area contributed by atoms with E-state index in [-0.39, 0.29) is 75.0 Å². The number of carboxylic acids is 1. The summed E-state index contributed by atoms with van der Waals surface area (Å²) in [6.45, 7) is 10.3. The molecule has 1 saturated heterocycles. The molecule has 1 aliphatic heterocycles. The van der Waals surface area contributed by atoms with Crippen molar-refractivity contribution in [1.82, 2.24) is 47.5 Å². The molecule has 1 aliphatic rings. The van der Waals surface area contributed by atoms with Crippen LogP contribution in [-0.4, -0.2) is 117 Å². The molecule has 25 heteroatoms. The molecule has 0 unspecified atom stereocenters. The van der Waals surface area contributed by atoms with Crippen LogP contribution in [0.2, 0.25) is 0 Å².